The van der Waals surface area contributed by atoms with E-state index < -0.39 is 0 Å². The van der Waals surface area contributed by atoms with E-state index in [0.717, 1.165) is 99.2 Å². The number of fused-ring (bicyclic) bond motifs is 12. The van der Waals surface area contributed by atoms with Crippen LogP contribution in [-0.2, 0) is 0 Å². The molecule has 0 atom stereocenters. The van der Waals surface area contributed by atoms with Gasteiger partial charge in [0.25, 0.3) is 0 Å². The molecule has 65 heavy (non-hydrogen) atoms. The first kappa shape index (κ1) is 36.9. The largest absolute Gasteiger partial charge is 0.308 e. The summed E-state index contributed by atoms with van der Waals surface area (Å²) in [6, 6.07) is 70.5. The van der Waals surface area contributed by atoms with Crippen LogP contribution in [0, 0.1) is 12.7 Å². The average Bonchev–Trinajstić information content (AvgIpc) is 4.01. The van der Waals surface area contributed by atoms with Crippen LogP contribution in [-0.4, -0.2) is 28.7 Å². The molecule has 0 saturated heterocycles. The predicted molar refractivity (Wildman–Crippen MR) is 264 cm³/mol. The number of aryl methyl sites for hydroxylation is 1. The molecule has 0 amide bonds. The molecule has 0 bridgehead atoms. The van der Waals surface area contributed by atoms with Gasteiger partial charge in [-0.3, -0.25) is 0 Å². The van der Waals surface area contributed by atoms with Crippen LogP contribution in [0.4, 0.5) is 4.39 Å². The van der Waals surface area contributed by atoms with E-state index in [4.69, 9.17) is 15.0 Å². The van der Waals surface area contributed by atoms with Gasteiger partial charge in [-0.1, -0.05) is 133 Å². The molecule has 0 radical (unpaired) electrons. The Labute approximate surface area is 372 Å². The molecule has 0 aliphatic heterocycles. The minimum atomic E-state index is -0.272. The fourth-order valence-electron chi connectivity index (χ4n) is 9.93. The summed E-state index contributed by atoms with van der Waals surface area (Å²) in [5, 5.41) is 6.81. The quantitative estimate of drug-likeness (QED) is 0.168. The lowest BCUT2D eigenvalue weighted by Crippen LogP contribution is -2.00. The molecule has 4 heterocycles. The highest BCUT2D eigenvalue weighted by molar-refractivity contribution is 6.40. The molecule has 0 unspecified atom stereocenters. The fourth-order valence-corrected chi connectivity index (χ4v) is 9.93. The number of benzene rings is 9. The molecule has 7 heteroatoms. The monoisotopic (exact) mass is 836 g/mol. The van der Waals surface area contributed by atoms with Crippen molar-refractivity contribution in [1.29, 1.82) is 0 Å². The van der Waals surface area contributed by atoms with Gasteiger partial charge in [-0.25, -0.2) is 19.3 Å². The van der Waals surface area contributed by atoms with Gasteiger partial charge in [-0.2, -0.15) is 0 Å². The van der Waals surface area contributed by atoms with E-state index in [2.05, 4.69) is 142 Å². The van der Waals surface area contributed by atoms with Gasteiger partial charge in [0.1, 0.15) is 5.82 Å². The van der Waals surface area contributed by atoms with Crippen molar-refractivity contribution in [2.45, 2.75) is 6.92 Å². The zero-order valence-corrected chi connectivity index (χ0v) is 35.2. The predicted octanol–water partition coefficient (Wildman–Crippen LogP) is 14.6. The minimum absolute atomic E-state index is 0.272. The molecule has 13 aromatic rings. The summed E-state index contributed by atoms with van der Waals surface area (Å²) in [5.41, 5.74) is 13.4. The van der Waals surface area contributed by atoms with Crippen molar-refractivity contribution in [2.75, 3.05) is 0 Å². The highest BCUT2D eigenvalue weighted by atomic mass is 19.1. The molecule has 13 rings (SSSR count). The lowest BCUT2D eigenvalue weighted by atomic mass is 10.0. The van der Waals surface area contributed by atoms with E-state index in [1.807, 2.05) is 72.8 Å². The topological polar surface area (TPSA) is 53.5 Å². The molecule has 0 aliphatic carbocycles. The fraction of sp³-hybridized carbons (Fsp3) is 0.0172. The molecule has 0 saturated carbocycles. The summed E-state index contributed by atoms with van der Waals surface area (Å²) in [5.74, 6) is 1.56. The second-order valence-corrected chi connectivity index (χ2v) is 16.6. The lowest BCUT2D eigenvalue weighted by molar-refractivity contribution is 0.627. The third-order valence-corrected chi connectivity index (χ3v) is 12.8. The van der Waals surface area contributed by atoms with Crippen LogP contribution in [0.1, 0.15) is 5.56 Å². The maximum Gasteiger partial charge on any atom is 0.164 e. The normalized spacial score (nSPS) is 11.8. The van der Waals surface area contributed by atoms with E-state index in [1.165, 1.54) is 5.56 Å². The Morgan fingerprint density at radius 2 is 0.631 bits per heavy atom. The summed E-state index contributed by atoms with van der Waals surface area (Å²) in [7, 11) is 0. The Hall–Kier alpha value is -8.68. The van der Waals surface area contributed by atoms with Crippen LogP contribution in [0.2, 0.25) is 0 Å². The second kappa shape index (κ2) is 14.4. The smallest absolute Gasteiger partial charge is 0.164 e. The second-order valence-electron chi connectivity index (χ2n) is 16.6. The van der Waals surface area contributed by atoms with Crippen LogP contribution < -0.4 is 0 Å². The molecule has 0 spiro atoms. The first-order chi connectivity index (χ1) is 32.1. The number of aromatic nitrogens is 6. The Balaban J connectivity index is 1.16. The van der Waals surface area contributed by atoms with E-state index in [-0.39, 0.29) is 5.82 Å². The SMILES string of the molecule is Cc1ccc(-n2c3ccccc3c3c2c2c4ccccc4n(-c4ccc(-c5nc(-c6ccccc6)nc(-c6ccccc6)n5)cc4)c2c2c4ccccc4n(-c4ccc(F)cc4)c32)cc1. The summed E-state index contributed by atoms with van der Waals surface area (Å²) in [6.07, 6.45) is 0. The molecule has 0 aliphatic rings. The number of hydrogen-bond acceptors (Lipinski definition) is 3. The molecular formula is C58H37FN6. The number of para-hydroxylation sites is 3. The molecule has 306 valence electrons. The van der Waals surface area contributed by atoms with Gasteiger partial charge >= 0.3 is 0 Å². The lowest BCUT2D eigenvalue weighted by Gasteiger charge is -2.14. The highest BCUT2D eigenvalue weighted by Gasteiger charge is 2.29. The van der Waals surface area contributed by atoms with Crippen molar-refractivity contribution in [3.8, 4) is 51.2 Å². The minimum Gasteiger partial charge on any atom is -0.308 e. The molecular weight excluding hydrogens is 800 g/mol. The van der Waals surface area contributed by atoms with Crippen molar-refractivity contribution in [2.24, 2.45) is 0 Å². The molecule has 0 N–H and O–H groups in total. The maximum absolute atomic E-state index is 14.7. The Bertz CT molecular complexity index is 3850. The first-order valence-electron chi connectivity index (χ1n) is 21.8. The Morgan fingerprint density at radius 3 is 1.02 bits per heavy atom. The van der Waals surface area contributed by atoms with Crippen LogP contribution in [0.15, 0.2) is 206 Å². The third kappa shape index (κ3) is 5.69. The molecule has 6 nitrogen and oxygen atoms in total. The van der Waals surface area contributed by atoms with Crippen molar-refractivity contribution < 1.29 is 4.39 Å². The van der Waals surface area contributed by atoms with Gasteiger partial charge in [0, 0.05) is 66.1 Å². The number of halogens is 1. The number of hydrogen-bond donors (Lipinski definition) is 0. The maximum atomic E-state index is 14.7. The summed E-state index contributed by atoms with van der Waals surface area (Å²) in [6.45, 7) is 2.13. The van der Waals surface area contributed by atoms with Crippen molar-refractivity contribution in [3.05, 3.63) is 218 Å². The van der Waals surface area contributed by atoms with Crippen LogP contribution in [0.25, 0.3) is 117 Å². The molecule has 4 aromatic heterocycles. The van der Waals surface area contributed by atoms with Gasteiger partial charge in [0.05, 0.1) is 33.1 Å². The molecule has 0 fully saturated rings. The van der Waals surface area contributed by atoms with Crippen LogP contribution in [0.3, 0.4) is 0 Å². The third-order valence-electron chi connectivity index (χ3n) is 12.8. The average molecular weight is 837 g/mol. The van der Waals surface area contributed by atoms with Gasteiger partial charge < -0.3 is 13.7 Å². The zero-order valence-electron chi connectivity index (χ0n) is 35.2. The van der Waals surface area contributed by atoms with Gasteiger partial charge in [-0.15, -0.1) is 0 Å². The van der Waals surface area contributed by atoms with E-state index in [1.54, 1.807) is 12.1 Å². The van der Waals surface area contributed by atoms with Crippen molar-refractivity contribution in [3.63, 3.8) is 0 Å². The van der Waals surface area contributed by atoms with Crippen LogP contribution >= 0.6 is 0 Å². The Kier molecular flexibility index (Phi) is 8.20. The molecule has 9 aromatic carbocycles. The first-order valence-corrected chi connectivity index (χ1v) is 21.8. The van der Waals surface area contributed by atoms with Gasteiger partial charge in [0.2, 0.25) is 0 Å². The number of rotatable bonds is 6. The standard InChI is InChI=1S/C58H37FN6/c1-36-24-30-41(31-25-36)63-47-21-11-8-18-44(47)51-53(63)50-45-19-9-12-22-48(45)64(54(50)52-46-20-10-13-23-49(46)65(55(51)52)43-34-28-40(59)29-35-43)42-32-26-39(27-33-42)58-61-56(37-14-4-2-5-15-37)60-57(62-58)38-16-6-3-7-17-38/h2-35H,1H3. The number of nitrogens with zero attached hydrogens (tertiary/aromatic N) is 6. The van der Waals surface area contributed by atoms with E-state index in [0.29, 0.717) is 17.5 Å². The van der Waals surface area contributed by atoms with Crippen molar-refractivity contribution in [1.82, 2.24) is 28.7 Å². The van der Waals surface area contributed by atoms with Gasteiger partial charge in [-0.05, 0) is 85.8 Å². The summed E-state index contributed by atoms with van der Waals surface area (Å²) >= 11 is 0. The van der Waals surface area contributed by atoms with Crippen LogP contribution in [0.5, 0.6) is 0 Å². The van der Waals surface area contributed by atoms with Gasteiger partial charge in [0.15, 0.2) is 17.5 Å². The summed E-state index contributed by atoms with van der Waals surface area (Å²) in [4.78, 5) is 15.0. The highest BCUT2D eigenvalue weighted by Crippen LogP contribution is 2.50. The summed E-state index contributed by atoms with van der Waals surface area (Å²) < 4.78 is 21.9. The van der Waals surface area contributed by atoms with E-state index in [9.17, 15) is 4.39 Å². The van der Waals surface area contributed by atoms with E-state index >= 15 is 0 Å². The van der Waals surface area contributed by atoms with Crippen molar-refractivity contribution >= 4 is 65.4 Å². The Morgan fingerprint density at radius 1 is 0.323 bits per heavy atom. The zero-order chi connectivity index (χ0) is 43.2.